The number of carbonyl (C=O) groups excluding carboxylic acids is 1. The minimum Gasteiger partial charge on any atom is -0.294 e. The van der Waals surface area contributed by atoms with Crippen molar-refractivity contribution in [2.45, 2.75) is 18.9 Å². The molecule has 0 aliphatic carbocycles. The third kappa shape index (κ3) is 2.13. The van der Waals surface area contributed by atoms with Crippen LogP contribution in [0.3, 0.4) is 0 Å². The molecule has 0 radical (unpaired) electrons. The second-order valence-electron chi connectivity index (χ2n) is 3.77. The van der Waals surface area contributed by atoms with Crippen LogP contribution in [-0.4, -0.2) is 21.8 Å². The molecule has 0 saturated heterocycles. The molecule has 1 heterocycles. The van der Waals surface area contributed by atoms with Crippen LogP contribution in [0.25, 0.3) is 5.69 Å². The van der Waals surface area contributed by atoms with Crippen LogP contribution in [0.2, 0.25) is 0 Å². The van der Waals surface area contributed by atoms with Crippen molar-refractivity contribution in [3.05, 3.63) is 41.6 Å². The summed E-state index contributed by atoms with van der Waals surface area (Å²) in [7, 11) is 0. The number of carbonyl (C=O) groups is 1. The summed E-state index contributed by atoms with van der Waals surface area (Å²) in [6, 6.07) is 9.85. The highest BCUT2D eigenvalue weighted by atomic mass is 32.2. The Morgan fingerprint density at radius 2 is 1.94 bits per heavy atom. The molecule has 3 nitrogen and oxygen atoms in total. The Balaban J connectivity index is 2.64. The summed E-state index contributed by atoms with van der Waals surface area (Å²) in [6.07, 6.45) is 1.96. The highest BCUT2D eigenvalue weighted by molar-refractivity contribution is 7.98. The minimum atomic E-state index is 0.0639. The van der Waals surface area contributed by atoms with E-state index in [1.165, 1.54) is 0 Å². The molecule has 88 valence electrons. The second-order valence-corrected chi connectivity index (χ2v) is 4.57. The van der Waals surface area contributed by atoms with Gasteiger partial charge >= 0.3 is 0 Å². The van der Waals surface area contributed by atoms with Crippen LogP contribution < -0.4 is 0 Å². The second kappa shape index (κ2) is 4.75. The molecular formula is C13H14N2OS. The largest absolute Gasteiger partial charge is 0.294 e. The van der Waals surface area contributed by atoms with Gasteiger partial charge in [-0.05, 0) is 32.2 Å². The molecule has 4 heteroatoms. The average Bonchev–Trinajstić information content (AvgIpc) is 2.67. The molecule has 0 aliphatic rings. The molecule has 2 rings (SSSR count). The molecule has 0 unspecified atom stereocenters. The van der Waals surface area contributed by atoms with Gasteiger partial charge in [0.05, 0.1) is 16.9 Å². The van der Waals surface area contributed by atoms with Crippen molar-refractivity contribution in [3.63, 3.8) is 0 Å². The molecule has 1 aromatic carbocycles. The maximum absolute atomic E-state index is 11.6. The van der Waals surface area contributed by atoms with Crippen molar-refractivity contribution in [1.82, 2.24) is 9.78 Å². The Morgan fingerprint density at radius 3 is 2.47 bits per heavy atom. The van der Waals surface area contributed by atoms with Crippen molar-refractivity contribution in [1.29, 1.82) is 0 Å². The average molecular weight is 246 g/mol. The smallest absolute Gasteiger partial charge is 0.164 e. The third-order valence-corrected chi connectivity index (χ3v) is 3.33. The molecule has 0 fully saturated rings. The van der Waals surface area contributed by atoms with Crippen molar-refractivity contribution in [3.8, 4) is 5.69 Å². The number of nitrogens with zero attached hydrogens (tertiary/aromatic N) is 2. The van der Waals surface area contributed by atoms with Gasteiger partial charge in [-0.25, -0.2) is 4.68 Å². The number of hydrogen-bond donors (Lipinski definition) is 0. The third-order valence-electron chi connectivity index (χ3n) is 2.56. The Morgan fingerprint density at radius 1 is 1.29 bits per heavy atom. The summed E-state index contributed by atoms with van der Waals surface area (Å²) in [5, 5.41) is 5.35. The number of thioether (sulfide) groups is 1. The summed E-state index contributed by atoms with van der Waals surface area (Å²) < 4.78 is 1.83. The summed E-state index contributed by atoms with van der Waals surface area (Å²) in [5.41, 5.74) is 2.49. The van der Waals surface area contributed by atoms with Crippen molar-refractivity contribution < 1.29 is 4.79 Å². The van der Waals surface area contributed by atoms with Crippen LogP contribution in [0.1, 0.15) is 23.0 Å². The predicted octanol–water partition coefficient (Wildman–Crippen LogP) is 3.11. The molecule has 0 spiro atoms. The van der Waals surface area contributed by atoms with Crippen molar-refractivity contribution in [2.75, 3.05) is 6.26 Å². The number of aryl methyl sites for hydroxylation is 1. The van der Waals surface area contributed by atoms with Crippen LogP contribution in [-0.2, 0) is 0 Å². The van der Waals surface area contributed by atoms with Gasteiger partial charge in [-0.15, -0.1) is 11.8 Å². The first-order valence-corrected chi connectivity index (χ1v) is 6.57. The van der Waals surface area contributed by atoms with E-state index in [9.17, 15) is 4.79 Å². The van der Waals surface area contributed by atoms with E-state index in [1.807, 2.05) is 48.2 Å². The highest BCUT2D eigenvalue weighted by Gasteiger charge is 2.18. The van der Waals surface area contributed by atoms with Gasteiger partial charge in [-0.2, -0.15) is 5.10 Å². The number of ketones is 1. The van der Waals surface area contributed by atoms with E-state index in [1.54, 1.807) is 18.7 Å². The van der Waals surface area contributed by atoms with E-state index >= 15 is 0 Å². The minimum absolute atomic E-state index is 0.0639. The number of rotatable bonds is 3. The Hall–Kier alpha value is -1.55. The molecule has 0 atom stereocenters. The van der Waals surface area contributed by atoms with Gasteiger partial charge in [-0.3, -0.25) is 4.79 Å². The Bertz CT molecular complexity index is 546. The van der Waals surface area contributed by atoms with Crippen molar-refractivity contribution in [2.24, 2.45) is 0 Å². The van der Waals surface area contributed by atoms with Crippen LogP contribution in [0.4, 0.5) is 0 Å². The molecule has 0 amide bonds. The SMILES string of the molecule is CSc1c(C(C)=O)c(C)nn1-c1ccccc1. The molecular weight excluding hydrogens is 232 g/mol. The standard InChI is InChI=1S/C13H14N2OS/c1-9-12(10(2)16)13(17-3)15(14-9)11-7-5-4-6-8-11/h4-8H,1-3H3. The van der Waals surface area contributed by atoms with E-state index in [0.717, 1.165) is 22.0 Å². The lowest BCUT2D eigenvalue weighted by molar-refractivity contribution is 0.101. The predicted molar refractivity (Wildman–Crippen MR) is 70.1 cm³/mol. The first-order valence-electron chi connectivity index (χ1n) is 5.35. The van der Waals surface area contributed by atoms with Gasteiger partial charge in [0.2, 0.25) is 0 Å². The monoisotopic (exact) mass is 246 g/mol. The zero-order chi connectivity index (χ0) is 12.4. The zero-order valence-corrected chi connectivity index (χ0v) is 10.9. The summed E-state index contributed by atoms with van der Waals surface area (Å²) >= 11 is 1.55. The molecule has 2 aromatic rings. The van der Waals surface area contributed by atoms with Gasteiger partial charge in [0.1, 0.15) is 5.03 Å². The molecule has 0 aliphatic heterocycles. The van der Waals surface area contributed by atoms with Crippen LogP contribution >= 0.6 is 11.8 Å². The van der Waals surface area contributed by atoms with Crippen LogP contribution in [0.5, 0.6) is 0 Å². The first-order chi connectivity index (χ1) is 8.15. The van der Waals surface area contributed by atoms with Crippen LogP contribution in [0, 0.1) is 6.92 Å². The molecule has 0 bridgehead atoms. The lowest BCUT2D eigenvalue weighted by atomic mass is 10.2. The molecule has 0 N–H and O–H groups in total. The topological polar surface area (TPSA) is 34.9 Å². The van der Waals surface area contributed by atoms with Crippen LogP contribution in [0.15, 0.2) is 35.4 Å². The van der Waals surface area contributed by atoms with Gasteiger partial charge in [0.15, 0.2) is 5.78 Å². The molecule has 0 saturated carbocycles. The maximum atomic E-state index is 11.6. The Kier molecular flexibility index (Phi) is 3.33. The number of benzene rings is 1. The number of para-hydroxylation sites is 1. The number of hydrogen-bond acceptors (Lipinski definition) is 3. The normalized spacial score (nSPS) is 10.5. The first kappa shape index (κ1) is 11.9. The van der Waals surface area contributed by atoms with E-state index in [-0.39, 0.29) is 5.78 Å². The van der Waals surface area contributed by atoms with Gasteiger partial charge in [-0.1, -0.05) is 18.2 Å². The molecule has 1 aromatic heterocycles. The van der Waals surface area contributed by atoms with Gasteiger partial charge in [0, 0.05) is 0 Å². The lowest BCUT2D eigenvalue weighted by Gasteiger charge is -2.05. The lowest BCUT2D eigenvalue weighted by Crippen LogP contribution is -1.99. The summed E-state index contributed by atoms with van der Waals surface area (Å²) in [5.74, 6) is 0.0639. The van der Waals surface area contributed by atoms with Gasteiger partial charge < -0.3 is 0 Å². The number of Topliss-reactive ketones (excluding diaryl/α,β-unsaturated/α-hetero) is 1. The quantitative estimate of drug-likeness (QED) is 0.616. The fourth-order valence-corrected chi connectivity index (χ4v) is 2.66. The van der Waals surface area contributed by atoms with E-state index in [4.69, 9.17) is 0 Å². The van der Waals surface area contributed by atoms with E-state index in [0.29, 0.717) is 0 Å². The maximum Gasteiger partial charge on any atom is 0.164 e. The number of aromatic nitrogens is 2. The summed E-state index contributed by atoms with van der Waals surface area (Å²) in [4.78, 5) is 11.6. The van der Waals surface area contributed by atoms with Crippen molar-refractivity contribution >= 4 is 17.5 Å². The highest BCUT2D eigenvalue weighted by Crippen LogP contribution is 2.26. The fraction of sp³-hybridized carbons (Fsp3) is 0.231. The summed E-state index contributed by atoms with van der Waals surface area (Å²) in [6.45, 7) is 3.45. The van der Waals surface area contributed by atoms with E-state index in [2.05, 4.69) is 5.10 Å². The van der Waals surface area contributed by atoms with E-state index < -0.39 is 0 Å². The van der Waals surface area contributed by atoms with Gasteiger partial charge in [0.25, 0.3) is 0 Å². The molecule has 17 heavy (non-hydrogen) atoms. The Labute approximate surface area is 105 Å². The zero-order valence-electron chi connectivity index (χ0n) is 10.1. The fourth-order valence-electron chi connectivity index (χ4n) is 1.84.